The highest BCUT2D eigenvalue weighted by Crippen LogP contribution is 2.28. The minimum absolute atomic E-state index is 0.0223. The number of nitro groups is 1. The van der Waals surface area contributed by atoms with Gasteiger partial charge < -0.3 is 10.4 Å². The molecule has 0 bridgehead atoms. The first-order chi connectivity index (χ1) is 8.47. The third-order valence-electron chi connectivity index (χ3n) is 2.57. The fourth-order valence-electron chi connectivity index (χ4n) is 1.74. The average molecular weight is 256 g/mol. The van der Waals surface area contributed by atoms with E-state index in [9.17, 15) is 15.2 Å². The first-order valence-electron chi connectivity index (χ1n) is 6.11. The van der Waals surface area contributed by atoms with Crippen LogP contribution in [0.15, 0.2) is 0 Å². The minimum Gasteiger partial charge on any atom is -0.393 e. The molecule has 1 rings (SSSR count). The van der Waals surface area contributed by atoms with Crippen molar-refractivity contribution in [2.45, 2.75) is 46.3 Å². The van der Waals surface area contributed by atoms with Crippen molar-refractivity contribution >= 4 is 11.5 Å². The Morgan fingerprint density at radius 3 is 2.78 bits per heavy atom. The zero-order valence-corrected chi connectivity index (χ0v) is 11.0. The Hall–Kier alpha value is -1.63. The number of aliphatic hydroxyl groups is 1. The molecule has 0 aliphatic carbocycles. The maximum absolute atomic E-state index is 11.0. The van der Waals surface area contributed by atoms with Gasteiger partial charge in [-0.15, -0.1) is 0 Å². The van der Waals surface area contributed by atoms with Gasteiger partial charge >= 0.3 is 5.69 Å². The Kier molecular flexibility index (Phi) is 5.08. The van der Waals surface area contributed by atoms with Gasteiger partial charge in [-0.2, -0.15) is 5.10 Å². The molecule has 1 heterocycles. The minimum atomic E-state index is -0.430. The van der Waals surface area contributed by atoms with Gasteiger partial charge in [-0.3, -0.25) is 10.1 Å². The lowest BCUT2D eigenvalue weighted by Crippen LogP contribution is -2.14. The molecule has 2 N–H and O–H groups in total. The van der Waals surface area contributed by atoms with Crippen LogP contribution in [-0.4, -0.2) is 32.5 Å². The van der Waals surface area contributed by atoms with Crippen LogP contribution in [0.5, 0.6) is 0 Å². The van der Waals surface area contributed by atoms with Crippen LogP contribution in [0.1, 0.15) is 32.4 Å². The second kappa shape index (κ2) is 6.34. The molecule has 0 spiro atoms. The van der Waals surface area contributed by atoms with Crippen molar-refractivity contribution in [3.63, 3.8) is 0 Å². The Labute approximate surface area is 106 Å². The molecule has 0 saturated carbocycles. The predicted octanol–water partition coefficient (Wildman–Crippen LogP) is 1.69. The van der Waals surface area contributed by atoms with Crippen LogP contribution < -0.4 is 5.32 Å². The standard InChI is InChI=1S/C11H20N4O3/c1-4-7-14-11(12-6-5-8(2)16)10(15(17)18)9(3)13-14/h8,12,16H,4-7H2,1-3H3. The lowest BCUT2D eigenvalue weighted by molar-refractivity contribution is -0.384. The first-order valence-corrected chi connectivity index (χ1v) is 6.11. The molecule has 1 unspecified atom stereocenters. The zero-order valence-electron chi connectivity index (χ0n) is 11.0. The summed E-state index contributed by atoms with van der Waals surface area (Å²) in [4.78, 5) is 10.6. The summed E-state index contributed by atoms with van der Waals surface area (Å²) in [6.07, 6.45) is 0.955. The lowest BCUT2D eigenvalue weighted by Gasteiger charge is -2.09. The first kappa shape index (κ1) is 14.4. The van der Waals surface area contributed by atoms with Crippen molar-refractivity contribution in [2.75, 3.05) is 11.9 Å². The summed E-state index contributed by atoms with van der Waals surface area (Å²) in [6.45, 7) is 6.41. The van der Waals surface area contributed by atoms with Gasteiger partial charge in [-0.05, 0) is 26.7 Å². The summed E-state index contributed by atoms with van der Waals surface area (Å²) < 4.78 is 1.62. The topological polar surface area (TPSA) is 93.2 Å². The van der Waals surface area contributed by atoms with Gasteiger partial charge in [-0.1, -0.05) is 6.92 Å². The lowest BCUT2D eigenvalue weighted by atomic mass is 10.3. The van der Waals surface area contributed by atoms with E-state index in [4.69, 9.17) is 0 Å². The second-order valence-electron chi connectivity index (χ2n) is 4.33. The number of nitrogens with one attached hydrogen (secondary N) is 1. The highest BCUT2D eigenvalue weighted by molar-refractivity contribution is 5.59. The van der Waals surface area contributed by atoms with E-state index in [1.807, 2.05) is 6.92 Å². The van der Waals surface area contributed by atoms with Crippen molar-refractivity contribution in [3.8, 4) is 0 Å². The van der Waals surface area contributed by atoms with E-state index in [0.29, 0.717) is 31.0 Å². The molecule has 1 atom stereocenters. The number of aromatic nitrogens is 2. The highest BCUT2D eigenvalue weighted by Gasteiger charge is 2.24. The number of nitrogens with zero attached hydrogens (tertiary/aromatic N) is 3. The molecule has 102 valence electrons. The second-order valence-corrected chi connectivity index (χ2v) is 4.33. The average Bonchev–Trinajstić information content (AvgIpc) is 2.55. The summed E-state index contributed by atoms with van der Waals surface area (Å²) in [6, 6.07) is 0. The summed E-state index contributed by atoms with van der Waals surface area (Å²) in [5, 5.41) is 27.4. The molecule has 7 heteroatoms. The summed E-state index contributed by atoms with van der Waals surface area (Å²) in [7, 11) is 0. The van der Waals surface area contributed by atoms with E-state index in [2.05, 4.69) is 10.4 Å². The Balaban J connectivity index is 2.93. The molecular weight excluding hydrogens is 236 g/mol. The fourth-order valence-corrected chi connectivity index (χ4v) is 1.74. The van der Waals surface area contributed by atoms with Crippen LogP contribution in [0.3, 0.4) is 0 Å². The molecule has 1 aromatic heterocycles. The third kappa shape index (κ3) is 3.43. The van der Waals surface area contributed by atoms with E-state index < -0.39 is 11.0 Å². The van der Waals surface area contributed by atoms with Crippen LogP contribution in [-0.2, 0) is 6.54 Å². The van der Waals surface area contributed by atoms with Crippen LogP contribution in [0, 0.1) is 17.0 Å². The van der Waals surface area contributed by atoms with Crippen LogP contribution >= 0.6 is 0 Å². The predicted molar refractivity (Wildman–Crippen MR) is 68.7 cm³/mol. The Morgan fingerprint density at radius 1 is 1.61 bits per heavy atom. The van der Waals surface area contributed by atoms with Gasteiger partial charge in [0.2, 0.25) is 5.82 Å². The van der Waals surface area contributed by atoms with Crippen molar-refractivity contribution in [1.29, 1.82) is 0 Å². The number of aryl methyl sites for hydroxylation is 2. The molecule has 0 fully saturated rings. The SMILES string of the molecule is CCCn1nc(C)c([N+](=O)[O-])c1NCCC(C)O. The number of hydrogen-bond donors (Lipinski definition) is 2. The van der Waals surface area contributed by atoms with E-state index in [1.165, 1.54) is 0 Å². The van der Waals surface area contributed by atoms with E-state index in [-0.39, 0.29) is 5.69 Å². The normalized spacial score (nSPS) is 12.4. The summed E-state index contributed by atoms with van der Waals surface area (Å²) in [5.74, 6) is 0.431. The highest BCUT2D eigenvalue weighted by atomic mass is 16.6. The smallest absolute Gasteiger partial charge is 0.333 e. The third-order valence-corrected chi connectivity index (χ3v) is 2.57. The molecule has 0 amide bonds. The molecule has 0 aliphatic heterocycles. The van der Waals surface area contributed by atoms with Crippen LogP contribution in [0.2, 0.25) is 0 Å². The molecule has 18 heavy (non-hydrogen) atoms. The fraction of sp³-hybridized carbons (Fsp3) is 0.727. The van der Waals surface area contributed by atoms with Gasteiger partial charge in [0.25, 0.3) is 0 Å². The van der Waals surface area contributed by atoms with Gasteiger partial charge in [0, 0.05) is 13.1 Å². The van der Waals surface area contributed by atoms with E-state index >= 15 is 0 Å². The number of hydrogen-bond acceptors (Lipinski definition) is 5. The molecule has 1 aromatic rings. The molecule has 0 saturated heterocycles. The summed E-state index contributed by atoms with van der Waals surface area (Å²) in [5.41, 5.74) is 0.432. The van der Waals surface area contributed by atoms with Crippen molar-refractivity contribution in [2.24, 2.45) is 0 Å². The van der Waals surface area contributed by atoms with Gasteiger partial charge in [0.15, 0.2) is 0 Å². The maximum Gasteiger partial charge on any atom is 0.333 e. The number of anilines is 1. The monoisotopic (exact) mass is 256 g/mol. The largest absolute Gasteiger partial charge is 0.393 e. The molecule has 0 radical (unpaired) electrons. The quantitative estimate of drug-likeness (QED) is 0.572. The van der Waals surface area contributed by atoms with Gasteiger partial charge in [0.1, 0.15) is 5.69 Å². The molecule has 7 nitrogen and oxygen atoms in total. The Bertz CT molecular complexity index is 415. The number of aliphatic hydroxyl groups excluding tert-OH is 1. The van der Waals surface area contributed by atoms with Crippen LogP contribution in [0.4, 0.5) is 11.5 Å². The molecule has 0 aromatic carbocycles. The zero-order chi connectivity index (χ0) is 13.7. The molecule has 0 aliphatic rings. The van der Waals surface area contributed by atoms with Crippen LogP contribution in [0.25, 0.3) is 0 Å². The van der Waals surface area contributed by atoms with Gasteiger partial charge in [-0.25, -0.2) is 4.68 Å². The number of rotatable bonds is 7. The van der Waals surface area contributed by atoms with E-state index in [1.54, 1.807) is 18.5 Å². The Morgan fingerprint density at radius 2 is 2.28 bits per heavy atom. The van der Waals surface area contributed by atoms with Gasteiger partial charge in [0.05, 0.1) is 11.0 Å². The van der Waals surface area contributed by atoms with Crippen molar-refractivity contribution in [1.82, 2.24) is 9.78 Å². The summed E-state index contributed by atoms with van der Waals surface area (Å²) >= 11 is 0. The van der Waals surface area contributed by atoms with Crippen molar-refractivity contribution in [3.05, 3.63) is 15.8 Å². The maximum atomic E-state index is 11.0. The van der Waals surface area contributed by atoms with Crippen molar-refractivity contribution < 1.29 is 10.0 Å². The van der Waals surface area contributed by atoms with E-state index in [0.717, 1.165) is 6.42 Å². The molecular formula is C11H20N4O3.